The van der Waals surface area contributed by atoms with Crippen molar-refractivity contribution in [3.63, 3.8) is 0 Å². The van der Waals surface area contributed by atoms with Crippen LogP contribution in [0.1, 0.15) is 58.1 Å². The molecule has 0 spiro atoms. The van der Waals surface area contributed by atoms with E-state index < -0.39 is 0 Å². The molecule has 94 valence electrons. The lowest BCUT2D eigenvalue weighted by atomic mass is 9.62. The third-order valence-corrected chi connectivity index (χ3v) is 4.87. The van der Waals surface area contributed by atoms with Gasteiger partial charge in [0.2, 0.25) is 0 Å². The van der Waals surface area contributed by atoms with Crippen LogP contribution >= 0.6 is 0 Å². The van der Waals surface area contributed by atoms with Crippen LogP contribution in [0, 0.1) is 11.8 Å². The van der Waals surface area contributed by atoms with Gasteiger partial charge in [0, 0.05) is 5.41 Å². The van der Waals surface area contributed by atoms with Crippen molar-refractivity contribution >= 4 is 0 Å². The van der Waals surface area contributed by atoms with Gasteiger partial charge in [0.05, 0.1) is 0 Å². The van der Waals surface area contributed by atoms with E-state index in [1.54, 1.807) is 11.1 Å². The summed E-state index contributed by atoms with van der Waals surface area (Å²) in [6.07, 6.45) is 5.37. The Labute approximate surface area is 106 Å². The van der Waals surface area contributed by atoms with E-state index in [9.17, 15) is 0 Å². The lowest BCUT2D eigenvalue weighted by Gasteiger charge is -2.42. The van der Waals surface area contributed by atoms with Crippen LogP contribution < -0.4 is 0 Å². The SMILES string of the molecule is CC(C)C1(C(C)C)CCCCc2ccccc21. The van der Waals surface area contributed by atoms with E-state index in [4.69, 9.17) is 0 Å². The molecule has 0 radical (unpaired) electrons. The van der Waals surface area contributed by atoms with E-state index in [0.29, 0.717) is 5.41 Å². The van der Waals surface area contributed by atoms with Gasteiger partial charge in [-0.1, -0.05) is 58.4 Å². The molecular formula is C17H26. The molecule has 0 amide bonds. The summed E-state index contributed by atoms with van der Waals surface area (Å²) < 4.78 is 0. The molecule has 0 fully saturated rings. The summed E-state index contributed by atoms with van der Waals surface area (Å²) in [5.41, 5.74) is 3.64. The summed E-state index contributed by atoms with van der Waals surface area (Å²) in [6.45, 7) is 9.62. The molecule has 0 N–H and O–H groups in total. The predicted octanol–water partition coefficient (Wildman–Crippen LogP) is 4.96. The smallest absolute Gasteiger partial charge is 0.000167 e. The molecule has 0 nitrogen and oxygen atoms in total. The molecule has 0 bridgehead atoms. The fraction of sp³-hybridized carbons (Fsp3) is 0.647. The number of aryl methyl sites for hydroxylation is 1. The van der Waals surface area contributed by atoms with Gasteiger partial charge >= 0.3 is 0 Å². The molecule has 0 atom stereocenters. The van der Waals surface area contributed by atoms with Gasteiger partial charge in [0.1, 0.15) is 0 Å². The summed E-state index contributed by atoms with van der Waals surface area (Å²) >= 11 is 0. The fourth-order valence-corrected chi connectivity index (χ4v) is 3.93. The van der Waals surface area contributed by atoms with Crippen molar-refractivity contribution in [2.24, 2.45) is 11.8 Å². The Bertz CT molecular complexity index is 365. The van der Waals surface area contributed by atoms with Crippen molar-refractivity contribution in [3.8, 4) is 0 Å². The highest BCUT2D eigenvalue weighted by Gasteiger charge is 2.40. The molecule has 17 heavy (non-hydrogen) atoms. The highest BCUT2D eigenvalue weighted by atomic mass is 14.4. The van der Waals surface area contributed by atoms with Crippen LogP contribution in [0.5, 0.6) is 0 Å². The Morgan fingerprint density at radius 2 is 1.59 bits per heavy atom. The van der Waals surface area contributed by atoms with E-state index in [2.05, 4.69) is 52.0 Å². The van der Waals surface area contributed by atoms with Gasteiger partial charge < -0.3 is 0 Å². The van der Waals surface area contributed by atoms with E-state index >= 15 is 0 Å². The molecule has 2 rings (SSSR count). The summed E-state index contributed by atoms with van der Waals surface area (Å²) in [6, 6.07) is 9.17. The van der Waals surface area contributed by atoms with Crippen LogP contribution in [0.25, 0.3) is 0 Å². The molecule has 0 heteroatoms. The third-order valence-electron chi connectivity index (χ3n) is 4.87. The number of hydrogen-bond acceptors (Lipinski definition) is 0. The van der Waals surface area contributed by atoms with Gasteiger partial charge in [-0.05, 0) is 42.2 Å². The van der Waals surface area contributed by atoms with Gasteiger partial charge in [-0.25, -0.2) is 0 Å². The summed E-state index contributed by atoms with van der Waals surface area (Å²) in [5.74, 6) is 1.45. The van der Waals surface area contributed by atoms with E-state index in [1.807, 2.05) is 0 Å². The van der Waals surface area contributed by atoms with Crippen LogP contribution in [0.2, 0.25) is 0 Å². The molecule has 0 aromatic heterocycles. The molecule has 1 aliphatic rings. The Kier molecular flexibility index (Phi) is 3.61. The first-order valence-corrected chi connectivity index (χ1v) is 7.17. The lowest BCUT2D eigenvalue weighted by Crippen LogP contribution is -2.38. The minimum absolute atomic E-state index is 0.396. The molecular weight excluding hydrogens is 204 g/mol. The summed E-state index contributed by atoms with van der Waals surface area (Å²) in [5, 5.41) is 0. The molecule has 1 aliphatic carbocycles. The zero-order chi connectivity index (χ0) is 12.5. The van der Waals surface area contributed by atoms with Crippen molar-refractivity contribution in [3.05, 3.63) is 35.4 Å². The van der Waals surface area contributed by atoms with Crippen molar-refractivity contribution in [2.45, 2.75) is 58.8 Å². The summed E-state index contributed by atoms with van der Waals surface area (Å²) in [4.78, 5) is 0. The van der Waals surface area contributed by atoms with Gasteiger partial charge in [-0.2, -0.15) is 0 Å². The van der Waals surface area contributed by atoms with Gasteiger partial charge in [-0.15, -0.1) is 0 Å². The second-order valence-corrected chi connectivity index (χ2v) is 6.21. The predicted molar refractivity (Wildman–Crippen MR) is 75.4 cm³/mol. The zero-order valence-corrected chi connectivity index (χ0v) is 11.8. The number of benzene rings is 1. The van der Waals surface area contributed by atoms with Crippen LogP contribution in [0.15, 0.2) is 24.3 Å². The second-order valence-electron chi connectivity index (χ2n) is 6.21. The maximum Gasteiger partial charge on any atom is 0.000167 e. The van der Waals surface area contributed by atoms with Gasteiger partial charge in [0.25, 0.3) is 0 Å². The highest BCUT2D eigenvalue weighted by molar-refractivity contribution is 5.36. The molecule has 1 aromatic rings. The minimum Gasteiger partial charge on any atom is -0.0620 e. The average Bonchev–Trinajstić information content (AvgIpc) is 2.48. The monoisotopic (exact) mass is 230 g/mol. The van der Waals surface area contributed by atoms with Crippen LogP contribution in [-0.2, 0) is 11.8 Å². The molecule has 0 aliphatic heterocycles. The third kappa shape index (κ3) is 2.03. The second kappa shape index (κ2) is 4.84. The van der Waals surface area contributed by atoms with E-state index in [0.717, 1.165) is 11.8 Å². The van der Waals surface area contributed by atoms with Gasteiger partial charge in [0.15, 0.2) is 0 Å². The highest BCUT2D eigenvalue weighted by Crippen LogP contribution is 2.46. The average molecular weight is 230 g/mol. The first-order chi connectivity index (χ1) is 8.09. The quantitative estimate of drug-likeness (QED) is 0.630. The van der Waals surface area contributed by atoms with E-state index in [-0.39, 0.29) is 0 Å². The maximum absolute atomic E-state index is 2.40. The van der Waals surface area contributed by atoms with Crippen molar-refractivity contribution in [1.29, 1.82) is 0 Å². The standard InChI is InChI=1S/C17H26/c1-13(2)17(14(3)4)12-8-7-10-15-9-5-6-11-16(15)17/h5-6,9,11,13-14H,7-8,10,12H2,1-4H3. The molecule has 0 saturated heterocycles. The molecule has 0 heterocycles. The molecule has 0 unspecified atom stereocenters. The Balaban J connectivity index is 2.59. The van der Waals surface area contributed by atoms with Crippen molar-refractivity contribution < 1.29 is 0 Å². The lowest BCUT2D eigenvalue weighted by molar-refractivity contribution is 0.199. The number of hydrogen-bond donors (Lipinski definition) is 0. The topological polar surface area (TPSA) is 0 Å². The van der Waals surface area contributed by atoms with Crippen molar-refractivity contribution in [2.75, 3.05) is 0 Å². The van der Waals surface area contributed by atoms with Crippen LogP contribution in [-0.4, -0.2) is 0 Å². The number of rotatable bonds is 2. The minimum atomic E-state index is 0.396. The number of fused-ring (bicyclic) bond motifs is 1. The maximum atomic E-state index is 2.40. The van der Waals surface area contributed by atoms with Gasteiger partial charge in [-0.3, -0.25) is 0 Å². The Morgan fingerprint density at radius 3 is 2.24 bits per heavy atom. The van der Waals surface area contributed by atoms with Crippen molar-refractivity contribution in [1.82, 2.24) is 0 Å². The van der Waals surface area contributed by atoms with Crippen LogP contribution in [0.4, 0.5) is 0 Å². The van der Waals surface area contributed by atoms with E-state index in [1.165, 1.54) is 25.7 Å². The fourth-order valence-electron chi connectivity index (χ4n) is 3.93. The Morgan fingerprint density at radius 1 is 0.941 bits per heavy atom. The normalized spacial score (nSPS) is 19.2. The molecule has 1 aromatic carbocycles. The Hall–Kier alpha value is -0.780. The first-order valence-electron chi connectivity index (χ1n) is 7.17. The molecule has 0 saturated carbocycles. The largest absolute Gasteiger partial charge is 0.0620 e. The summed E-state index contributed by atoms with van der Waals surface area (Å²) in [7, 11) is 0. The van der Waals surface area contributed by atoms with Crippen LogP contribution in [0.3, 0.4) is 0 Å². The zero-order valence-electron chi connectivity index (χ0n) is 11.8. The first kappa shape index (κ1) is 12.7.